The molecule has 1 spiro atoms. The molecule has 2 aromatic rings. The maximum atomic E-state index is 14.8. The van der Waals surface area contributed by atoms with E-state index in [-0.39, 0.29) is 54.6 Å². The Kier molecular flexibility index (Phi) is 7.55. The summed E-state index contributed by atoms with van der Waals surface area (Å²) in [6.07, 6.45) is 2.43. The molecule has 3 heterocycles. The zero-order valence-electron chi connectivity index (χ0n) is 23.1. The number of hydrogen-bond donors (Lipinski definition) is 1. The first-order chi connectivity index (χ1) is 18.7. The molecule has 8 heteroatoms. The number of aliphatic hydroxyl groups excluding tert-OH is 1. The third-order valence-electron chi connectivity index (χ3n) is 8.91. The summed E-state index contributed by atoms with van der Waals surface area (Å²) in [5, 5.41) is 12.5. The first-order valence-corrected chi connectivity index (χ1v) is 14.8. The molecular weight excluding hydrogens is 512 g/mol. The van der Waals surface area contributed by atoms with Gasteiger partial charge in [0.2, 0.25) is 5.91 Å². The summed E-state index contributed by atoms with van der Waals surface area (Å²) in [6.45, 7) is 11.9. The molecule has 5 rings (SSSR count). The molecule has 208 valence electrons. The van der Waals surface area contributed by atoms with Gasteiger partial charge in [-0.15, -0.1) is 18.3 Å². The Morgan fingerprint density at radius 3 is 2.62 bits per heavy atom. The predicted octanol–water partition coefficient (Wildman–Crippen LogP) is 4.28. The maximum Gasteiger partial charge on any atom is 0.310 e. The summed E-state index contributed by atoms with van der Waals surface area (Å²) in [6, 6.07) is 12.5. The van der Waals surface area contributed by atoms with E-state index in [4.69, 9.17) is 4.74 Å². The molecule has 2 aromatic carbocycles. The number of nitrogens with zero attached hydrogens (tertiary/aromatic N) is 2. The van der Waals surface area contributed by atoms with Gasteiger partial charge in [-0.3, -0.25) is 14.4 Å². The normalized spacial score (nSPS) is 30.1. The molecule has 39 heavy (non-hydrogen) atoms. The number of anilines is 1. The van der Waals surface area contributed by atoms with Crippen LogP contribution in [0.1, 0.15) is 34.1 Å². The lowest BCUT2D eigenvalue weighted by atomic mass is 9.66. The fourth-order valence-corrected chi connectivity index (χ4v) is 9.56. The van der Waals surface area contributed by atoms with Crippen molar-refractivity contribution in [2.75, 3.05) is 24.7 Å². The van der Waals surface area contributed by atoms with Crippen molar-refractivity contribution < 1.29 is 24.2 Å². The molecule has 3 aliphatic heterocycles. The van der Waals surface area contributed by atoms with E-state index >= 15 is 0 Å². The van der Waals surface area contributed by atoms with E-state index in [2.05, 4.69) is 13.5 Å². The molecule has 0 saturated carbocycles. The standard InChI is InChI=1S/C31H38N2O5S/c1-6-14-32(22-13-12-20-10-8-9-11-21(20)16-22)29(36)27-31-19(5)15-24(39-31)25(30(37)38-7-2)26(31)28(35)33(27)23(17-34)18(3)4/h6,8-13,16,18-19,23-27,34H,1,7,14-15,17H2,2-5H3/t19?,23-,24-,25+,26-,27?,31?/m0/s1. The monoisotopic (exact) mass is 550 g/mol. The van der Waals surface area contributed by atoms with Crippen LogP contribution in [0.4, 0.5) is 5.69 Å². The molecule has 7 nitrogen and oxygen atoms in total. The van der Waals surface area contributed by atoms with Crippen LogP contribution in [-0.4, -0.2) is 69.6 Å². The fourth-order valence-electron chi connectivity index (χ4n) is 7.17. The third kappa shape index (κ3) is 4.18. The number of hydrogen-bond acceptors (Lipinski definition) is 6. The number of fused-ring (bicyclic) bond motifs is 2. The molecule has 2 bridgehead atoms. The minimum Gasteiger partial charge on any atom is -0.466 e. The van der Waals surface area contributed by atoms with E-state index in [1.807, 2.05) is 56.3 Å². The highest BCUT2D eigenvalue weighted by molar-refractivity contribution is 8.02. The predicted molar refractivity (Wildman–Crippen MR) is 154 cm³/mol. The largest absolute Gasteiger partial charge is 0.466 e. The van der Waals surface area contributed by atoms with Crippen LogP contribution >= 0.6 is 11.8 Å². The van der Waals surface area contributed by atoms with Crippen molar-refractivity contribution in [2.45, 2.75) is 56.2 Å². The number of ether oxygens (including phenoxy) is 1. The lowest BCUT2D eigenvalue weighted by Crippen LogP contribution is -2.60. The number of amides is 2. The lowest BCUT2D eigenvalue weighted by Gasteiger charge is -2.42. The molecule has 3 saturated heterocycles. The summed E-state index contributed by atoms with van der Waals surface area (Å²) in [4.78, 5) is 45.7. The summed E-state index contributed by atoms with van der Waals surface area (Å²) >= 11 is 1.62. The first-order valence-electron chi connectivity index (χ1n) is 13.9. The zero-order chi connectivity index (χ0) is 28.1. The Labute approximate surface area is 234 Å². The molecule has 0 radical (unpaired) electrons. The SMILES string of the molecule is C=CCN(C(=O)C1N([C@@H](CO)C(C)C)C(=O)[C@@H]2[C@H](C(=O)OCC)[C@@H]3CC(C)C12S3)c1ccc2ccccc2c1. The molecule has 7 atom stereocenters. The van der Waals surface area contributed by atoms with Gasteiger partial charge in [-0.2, -0.15) is 0 Å². The number of benzene rings is 2. The summed E-state index contributed by atoms with van der Waals surface area (Å²) in [7, 11) is 0. The molecular formula is C31H38N2O5S. The van der Waals surface area contributed by atoms with Gasteiger partial charge < -0.3 is 19.6 Å². The van der Waals surface area contributed by atoms with E-state index in [0.717, 1.165) is 22.9 Å². The first kappa shape index (κ1) is 27.7. The summed E-state index contributed by atoms with van der Waals surface area (Å²) < 4.78 is 4.66. The van der Waals surface area contributed by atoms with Crippen LogP contribution in [0.2, 0.25) is 0 Å². The van der Waals surface area contributed by atoms with Crippen LogP contribution in [-0.2, 0) is 19.1 Å². The molecule has 3 aliphatic rings. The van der Waals surface area contributed by atoms with Crippen molar-refractivity contribution in [1.29, 1.82) is 0 Å². The lowest BCUT2D eigenvalue weighted by molar-refractivity contribution is -0.154. The molecule has 0 aromatic heterocycles. The van der Waals surface area contributed by atoms with Crippen molar-refractivity contribution in [3.05, 3.63) is 55.1 Å². The van der Waals surface area contributed by atoms with Crippen molar-refractivity contribution in [3.63, 3.8) is 0 Å². The van der Waals surface area contributed by atoms with E-state index < -0.39 is 28.7 Å². The number of esters is 1. The molecule has 3 fully saturated rings. The van der Waals surface area contributed by atoms with Crippen LogP contribution in [0.15, 0.2) is 55.1 Å². The minimum atomic E-state index is -0.828. The number of likely N-dealkylation sites (tertiary alicyclic amines) is 1. The van der Waals surface area contributed by atoms with Crippen molar-refractivity contribution in [2.24, 2.45) is 23.7 Å². The number of carbonyl (C=O) groups is 3. The Morgan fingerprint density at radius 1 is 1.26 bits per heavy atom. The second-order valence-corrected chi connectivity index (χ2v) is 12.9. The number of rotatable bonds is 9. The van der Waals surface area contributed by atoms with Crippen LogP contribution < -0.4 is 4.90 Å². The Hall–Kier alpha value is -2.84. The van der Waals surface area contributed by atoms with Gasteiger partial charge in [0.05, 0.1) is 35.8 Å². The summed E-state index contributed by atoms with van der Waals surface area (Å²) in [5.74, 6) is -2.12. The van der Waals surface area contributed by atoms with Crippen LogP contribution in [0.25, 0.3) is 10.8 Å². The second kappa shape index (κ2) is 10.6. The zero-order valence-corrected chi connectivity index (χ0v) is 23.9. The molecule has 0 aliphatic carbocycles. The number of aliphatic hydroxyl groups is 1. The highest BCUT2D eigenvalue weighted by atomic mass is 32.2. The van der Waals surface area contributed by atoms with Crippen LogP contribution in [0, 0.1) is 23.7 Å². The van der Waals surface area contributed by atoms with E-state index in [0.29, 0.717) is 0 Å². The minimum absolute atomic E-state index is 0.0276. The number of thioether (sulfide) groups is 1. The van der Waals surface area contributed by atoms with Crippen molar-refractivity contribution in [3.8, 4) is 0 Å². The smallest absolute Gasteiger partial charge is 0.310 e. The molecule has 3 unspecified atom stereocenters. The molecule has 1 N–H and O–H groups in total. The third-order valence-corrected chi connectivity index (χ3v) is 11.0. The van der Waals surface area contributed by atoms with Gasteiger partial charge in [-0.1, -0.05) is 57.2 Å². The van der Waals surface area contributed by atoms with Crippen molar-refractivity contribution >= 4 is 46.0 Å². The van der Waals surface area contributed by atoms with E-state index in [1.54, 1.807) is 34.6 Å². The highest BCUT2D eigenvalue weighted by Gasteiger charge is 2.77. The van der Waals surface area contributed by atoms with Gasteiger partial charge in [0.25, 0.3) is 5.91 Å². The van der Waals surface area contributed by atoms with Gasteiger partial charge >= 0.3 is 5.97 Å². The fraction of sp³-hybridized carbons (Fsp3) is 0.516. The van der Waals surface area contributed by atoms with Gasteiger partial charge in [0.1, 0.15) is 6.04 Å². The number of carbonyl (C=O) groups excluding carboxylic acids is 3. The Morgan fingerprint density at radius 2 is 1.97 bits per heavy atom. The van der Waals surface area contributed by atoms with Gasteiger partial charge in [-0.25, -0.2) is 0 Å². The second-order valence-electron chi connectivity index (χ2n) is 11.3. The highest BCUT2D eigenvalue weighted by Crippen LogP contribution is 2.69. The van der Waals surface area contributed by atoms with E-state index in [1.165, 1.54) is 0 Å². The topological polar surface area (TPSA) is 87.2 Å². The van der Waals surface area contributed by atoms with Crippen molar-refractivity contribution in [1.82, 2.24) is 4.90 Å². The van der Waals surface area contributed by atoms with Gasteiger partial charge in [0.15, 0.2) is 0 Å². The van der Waals surface area contributed by atoms with Gasteiger partial charge in [0, 0.05) is 17.5 Å². The quantitative estimate of drug-likeness (QED) is 0.371. The van der Waals surface area contributed by atoms with E-state index in [9.17, 15) is 19.5 Å². The Bertz CT molecular complexity index is 1300. The average Bonchev–Trinajstić information content (AvgIpc) is 3.51. The Balaban J connectivity index is 1.65. The van der Waals surface area contributed by atoms with Crippen LogP contribution in [0.3, 0.4) is 0 Å². The maximum absolute atomic E-state index is 14.8. The van der Waals surface area contributed by atoms with Crippen LogP contribution in [0.5, 0.6) is 0 Å². The molecule has 2 amide bonds. The van der Waals surface area contributed by atoms with Gasteiger partial charge in [-0.05, 0) is 48.1 Å². The summed E-state index contributed by atoms with van der Waals surface area (Å²) in [5.41, 5.74) is 0.725. The average molecular weight is 551 g/mol.